The van der Waals surface area contributed by atoms with E-state index in [9.17, 15) is 0 Å². The van der Waals surface area contributed by atoms with Crippen molar-refractivity contribution in [2.45, 2.75) is 45.1 Å². The molecule has 1 atom stereocenters. The molecule has 0 spiro atoms. The Labute approximate surface area is 102 Å². The van der Waals surface area contributed by atoms with Crippen LogP contribution < -0.4 is 5.73 Å². The van der Waals surface area contributed by atoms with Crippen molar-refractivity contribution in [3.63, 3.8) is 0 Å². The van der Waals surface area contributed by atoms with Gasteiger partial charge in [0.15, 0.2) is 0 Å². The Morgan fingerprint density at radius 2 is 2.29 bits per heavy atom. The summed E-state index contributed by atoms with van der Waals surface area (Å²) in [6.07, 6.45) is 5.60. The molecule has 0 bridgehead atoms. The Bertz CT molecular complexity index is 550. The zero-order valence-corrected chi connectivity index (χ0v) is 10.5. The van der Waals surface area contributed by atoms with Crippen molar-refractivity contribution < 1.29 is 0 Å². The molecule has 1 unspecified atom stereocenters. The van der Waals surface area contributed by atoms with Gasteiger partial charge in [0, 0.05) is 23.9 Å². The minimum Gasteiger partial charge on any atom is -0.328 e. The van der Waals surface area contributed by atoms with Gasteiger partial charge in [0.05, 0.1) is 5.69 Å². The summed E-state index contributed by atoms with van der Waals surface area (Å²) in [5, 5.41) is 0. The van der Waals surface area contributed by atoms with Crippen LogP contribution in [0.5, 0.6) is 0 Å². The Hall–Kier alpha value is -1.35. The molecule has 3 heteroatoms. The van der Waals surface area contributed by atoms with Crippen LogP contribution in [0.15, 0.2) is 18.3 Å². The molecular weight excluding hydrogens is 210 g/mol. The van der Waals surface area contributed by atoms with Crippen LogP contribution in [0.1, 0.15) is 42.6 Å². The van der Waals surface area contributed by atoms with Gasteiger partial charge in [0.2, 0.25) is 0 Å². The number of hydrogen-bond donors (Lipinski definition) is 1. The molecule has 1 saturated carbocycles. The van der Waals surface area contributed by atoms with Gasteiger partial charge < -0.3 is 10.1 Å². The second kappa shape index (κ2) is 3.84. The summed E-state index contributed by atoms with van der Waals surface area (Å²) in [5.41, 5.74) is 10.9. The fourth-order valence-electron chi connectivity index (χ4n) is 2.51. The number of nitrogens with zero attached hydrogens (tertiary/aromatic N) is 2. The van der Waals surface area contributed by atoms with E-state index in [-0.39, 0.29) is 6.04 Å². The lowest BCUT2D eigenvalue weighted by molar-refractivity contribution is 0.738. The predicted molar refractivity (Wildman–Crippen MR) is 69.3 cm³/mol. The second-order valence-corrected chi connectivity index (χ2v) is 5.27. The van der Waals surface area contributed by atoms with Gasteiger partial charge in [-0.1, -0.05) is 6.07 Å². The summed E-state index contributed by atoms with van der Waals surface area (Å²) in [6, 6.07) is 4.42. The van der Waals surface area contributed by atoms with Crippen LogP contribution in [0, 0.1) is 6.92 Å². The molecule has 1 aliphatic rings. The zero-order chi connectivity index (χ0) is 12.0. The maximum atomic E-state index is 5.90. The third kappa shape index (κ3) is 1.84. The maximum absolute atomic E-state index is 5.90. The molecular formula is C14H19N3. The highest BCUT2D eigenvalue weighted by Crippen LogP contribution is 2.41. The largest absolute Gasteiger partial charge is 0.328 e. The highest BCUT2D eigenvalue weighted by molar-refractivity contribution is 5.52. The van der Waals surface area contributed by atoms with Crippen LogP contribution in [0.25, 0.3) is 5.65 Å². The number of hydrogen-bond acceptors (Lipinski definition) is 2. The van der Waals surface area contributed by atoms with Crippen LogP contribution >= 0.6 is 0 Å². The molecule has 90 valence electrons. The minimum atomic E-state index is 0.183. The summed E-state index contributed by atoms with van der Waals surface area (Å²) >= 11 is 0. The third-order valence-electron chi connectivity index (χ3n) is 3.51. The number of nitrogens with two attached hydrogens (primary N) is 1. The van der Waals surface area contributed by atoms with Gasteiger partial charge in [-0.25, -0.2) is 4.98 Å². The maximum Gasteiger partial charge on any atom is 0.140 e. The van der Waals surface area contributed by atoms with Crippen molar-refractivity contribution in [1.82, 2.24) is 9.38 Å². The summed E-state index contributed by atoms with van der Waals surface area (Å²) < 4.78 is 2.21. The van der Waals surface area contributed by atoms with E-state index in [0.29, 0.717) is 5.92 Å². The Kier molecular flexibility index (Phi) is 2.44. The monoisotopic (exact) mass is 229 g/mol. The van der Waals surface area contributed by atoms with Gasteiger partial charge in [0.1, 0.15) is 5.65 Å². The molecule has 17 heavy (non-hydrogen) atoms. The SMILES string of the molecule is Cc1c(C2CC2)nc2c(CC(C)N)cccn12. The smallest absolute Gasteiger partial charge is 0.140 e. The predicted octanol–water partition coefficient (Wildman–Crippen LogP) is 2.41. The highest BCUT2D eigenvalue weighted by atomic mass is 15.0. The Balaban J connectivity index is 2.14. The normalized spacial score (nSPS) is 17.6. The van der Waals surface area contributed by atoms with Gasteiger partial charge in [-0.2, -0.15) is 0 Å². The van der Waals surface area contributed by atoms with Crippen molar-refractivity contribution in [2.24, 2.45) is 5.73 Å². The first-order valence-electron chi connectivity index (χ1n) is 6.39. The van der Waals surface area contributed by atoms with E-state index in [4.69, 9.17) is 10.7 Å². The lowest BCUT2D eigenvalue weighted by Crippen LogP contribution is -2.18. The summed E-state index contributed by atoms with van der Waals surface area (Å²) in [5.74, 6) is 0.707. The molecule has 1 fully saturated rings. The Morgan fingerprint density at radius 1 is 1.53 bits per heavy atom. The van der Waals surface area contributed by atoms with Crippen molar-refractivity contribution >= 4 is 5.65 Å². The molecule has 0 amide bonds. The number of fused-ring (bicyclic) bond motifs is 1. The van der Waals surface area contributed by atoms with Gasteiger partial charge in [-0.15, -0.1) is 0 Å². The number of pyridine rings is 1. The topological polar surface area (TPSA) is 43.3 Å². The van der Waals surface area contributed by atoms with Crippen molar-refractivity contribution in [1.29, 1.82) is 0 Å². The summed E-state index contributed by atoms with van der Waals surface area (Å²) in [6.45, 7) is 4.21. The summed E-state index contributed by atoms with van der Waals surface area (Å²) in [4.78, 5) is 4.83. The third-order valence-corrected chi connectivity index (χ3v) is 3.51. The number of rotatable bonds is 3. The van der Waals surface area contributed by atoms with E-state index in [2.05, 4.69) is 29.7 Å². The van der Waals surface area contributed by atoms with E-state index in [1.807, 2.05) is 6.92 Å². The lowest BCUT2D eigenvalue weighted by Gasteiger charge is -2.06. The molecule has 2 heterocycles. The van der Waals surface area contributed by atoms with Crippen LogP contribution in [-0.2, 0) is 6.42 Å². The van der Waals surface area contributed by atoms with E-state index < -0.39 is 0 Å². The number of aromatic nitrogens is 2. The van der Waals surface area contributed by atoms with Gasteiger partial charge in [-0.05, 0) is 44.7 Å². The highest BCUT2D eigenvalue weighted by Gasteiger charge is 2.28. The molecule has 2 N–H and O–H groups in total. The van der Waals surface area contributed by atoms with E-state index >= 15 is 0 Å². The first-order valence-corrected chi connectivity index (χ1v) is 6.39. The molecule has 0 aliphatic heterocycles. The average Bonchev–Trinajstić information content (AvgIpc) is 3.05. The molecule has 2 aromatic heterocycles. The van der Waals surface area contributed by atoms with Crippen molar-refractivity contribution in [2.75, 3.05) is 0 Å². The zero-order valence-electron chi connectivity index (χ0n) is 10.5. The van der Waals surface area contributed by atoms with Crippen molar-refractivity contribution in [3.8, 4) is 0 Å². The molecule has 2 aromatic rings. The molecule has 0 saturated heterocycles. The fraction of sp³-hybridized carbons (Fsp3) is 0.500. The average molecular weight is 229 g/mol. The lowest BCUT2D eigenvalue weighted by atomic mass is 10.1. The Morgan fingerprint density at radius 3 is 2.94 bits per heavy atom. The van der Waals surface area contributed by atoms with Crippen LogP contribution in [0.2, 0.25) is 0 Å². The first kappa shape index (κ1) is 10.8. The minimum absolute atomic E-state index is 0.183. The van der Waals surface area contributed by atoms with Crippen LogP contribution in [-0.4, -0.2) is 15.4 Å². The van der Waals surface area contributed by atoms with Crippen LogP contribution in [0.3, 0.4) is 0 Å². The number of aryl methyl sites for hydroxylation is 1. The van der Waals surface area contributed by atoms with E-state index in [0.717, 1.165) is 12.1 Å². The molecule has 3 rings (SSSR count). The van der Waals surface area contributed by atoms with Crippen LogP contribution in [0.4, 0.5) is 0 Å². The second-order valence-electron chi connectivity index (χ2n) is 5.27. The van der Waals surface area contributed by atoms with E-state index in [1.165, 1.54) is 29.8 Å². The summed E-state index contributed by atoms with van der Waals surface area (Å²) in [7, 11) is 0. The molecule has 3 nitrogen and oxygen atoms in total. The van der Waals surface area contributed by atoms with Gasteiger partial charge >= 0.3 is 0 Å². The molecule has 0 aromatic carbocycles. The first-order chi connectivity index (χ1) is 8.16. The van der Waals surface area contributed by atoms with Crippen molar-refractivity contribution in [3.05, 3.63) is 35.3 Å². The fourth-order valence-corrected chi connectivity index (χ4v) is 2.51. The quantitative estimate of drug-likeness (QED) is 0.878. The van der Waals surface area contributed by atoms with Gasteiger partial charge in [-0.3, -0.25) is 0 Å². The standard InChI is InChI=1S/C14H19N3/c1-9(15)8-12-4-3-7-17-10(2)13(11-5-6-11)16-14(12)17/h3-4,7,9,11H,5-6,8,15H2,1-2H3. The molecule has 1 aliphatic carbocycles. The van der Waals surface area contributed by atoms with E-state index in [1.54, 1.807) is 0 Å². The van der Waals surface area contributed by atoms with Gasteiger partial charge in [0.25, 0.3) is 0 Å². The molecule has 0 radical (unpaired) electrons. The number of imidazole rings is 1.